The number of fused-ring (bicyclic) bond motifs is 1. The van der Waals surface area contributed by atoms with Crippen molar-refractivity contribution in [1.29, 1.82) is 0 Å². The molecule has 0 N–H and O–H groups in total. The number of alkyl halides is 3. The predicted molar refractivity (Wildman–Crippen MR) is 143 cm³/mol. The van der Waals surface area contributed by atoms with Crippen LogP contribution in [0.4, 0.5) is 17.6 Å². The zero-order chi connectivity index (χ0) is 29.0. The average Bonchev–Trinajstić information content (AvgIpc) is 3.27. The van der Waals surface area contributed by atoms with Crippen LogP contribution in [0.25, 0.3) is 22.2 Å². The minimum atomic E-state index is -4.49. The SMILES string of the molecule is Cc1ccc(S(=O)(=O)n2cc(-c3cc(C)cc(Oc4ccc(C(F)(F)F)cc4)c3)c3c2cc(F)c(=O)n3C)cc1. The summed E-state index contributed by atoms with van der Waals surface area (Å²) < 4.78 is 88.4. The molecule has 0 saturated carbocycles. The quantitative estimate of drug-likeness (QED) is 0.218. The smallest absolute Gasteiger partial charge is 0.416 e. The molecule has 0 spiro atoms. The topological polar surface area (TPSA) is 70.3 Å². The van der Waals surface area contributed by atoms with Crippen molar-refractivity contribution in [3.05, 3.63) is 112 Å². The molecule has 5 aromatic rings. The lowest BCUT2D eigenvalue weighted by atomic mass is 10.0. The maximum atomic E-state index is 14.6. The summed E-state index contributed by atoms with van der Waals surface area (Å²) in [5.41, 5.74) is 0.681. The summed E-state index contributed by atoms with van der Waals surface area (Å²) in [6.45, 7) is 3.57. The molecule has 40 heavy (non-hydrogen) atoms. The third kappa shape index (κ3) is 4.88. The molecule has 6 nitrogen and oxygen atoms in total. The van der Waals surface area contributed by atoms with Crippen LogP contribution in [-0.2, 0) is 23.2 Å². The highest BCUT2D eigenvalue weighted by Gasteiger charge is 2.30. The Balaban J connectivity index is 1.67. The second-order valence-corrected chi connectivity index (χ2v) is 11.2. The van der Waals surface area contributed by atoms with E-state index in [9.17, 15) is 30.8 Å². The minimum absolute atomic E-state index is 0.0219. The van der Waals surface area contributed by atoms with Crippen molar-refractivity contribution in [3.63, 3.8) is 0 Å². The van der Waals surface area contributed by atoms with Crippen LogP contribution in [0, 0.1) is 19.7 Å². The number of rotatable bonds is 5. The van der Waals surface area contributed by atoms with Gasteiger partial charge in [-0.05, 0) is 73.5 Å². The summed E-state index contributed by atoms with van der Waals surface area (Å²) >= 11 is 0. The van der Waals surface area contributed by atoms with Gasteiger partial charge in [-0.1, -0.05) is 23.8 Å². The second-order valence-electron chi connectivity index (χ2n) is 9.41. The van der Waals surface area contributed by atoms with Crippen molar-refractivity contribution in [3.8, 4) is 22.6 Å². The monoisotopic (exact) mass is 570 g/mol. The van der Waals surface area contributed by atoms with Crippen LogP contribution in [0.1, 0.15) is 16.7 Å². The van der Waals surface area contributed by atoms with Crippen molar-refractivity contribution < 1.29 is 30.7 Å². The molecular weight excluding hydrogens is 548 g/mol. The fourth-order valence-electron chi connectivity index (χ4n) is 4.46. The Hall–Kier alpha value is -4.38. The van der Waals surface area contributed by atoms with Gasteiger partial charge in [-0.2, -0.15) is 13.2 Å². The molecule has 5 rings (SSSR count). The van der Waals surface area contributed by atoms with Gasteiger partial charge in [0.05, 0.1) is 21.5 Å². The van der Waals surface area contributed by atoms with Crippen molar-refractivity contribution in [2.75, 3.05) is 0 Å². The third-order valence-electron chi connectivity index (χ3n) is 6.45. The highest BCUT2D eigenvalue weighted by molar-refractivity contribution is 7.90. The van der Waals surface area contributed by atoms with Crippen LogP contribution in [-0.4, -0.2) is 17.0 Å². The van der Waals surface area contributed by atoms with Crippen LogP contribution in [0.2, 0.25) is 0 Å². The van der Waals surface area contributed by atoms with Crippen LogP contribution < -0.4 is 10.3 Å². The van der Waals surface area contributed by atoms with Crippen molar-refractivity contribution in [1.82, 2.24) is 8.54 Å². The average molecular weight is 571 g/mol. The lowest BCUT2D eigenvalue weighted by Crippen LogP contribution is -2.21. The fraction of sp³-hybridized carbons (Fsp3) is 0.138. The molecular formula is C29H22F4N2O4S. The third-order valence-corrected chi connectivity index (χ3v) is 8.13. The summed E-state index contributed by atoms with van der Waals surface area (Å²) in [5.74, 6) is -0.692. The van der Waals surface area contributed by atoms with Crippen molar-refractivity contribution in [2.45, 2.75) is 24.9 Å². The summed E-state index contributed by atoms with van der Waals surface area (Å²) in [6, 6.07) is 16.2. The van der Waals surface area contributed by atoms with Crippen LogP contribution in [0.3, 0.4) is 0 Å². The first-order chi connectivity index (χ1) is 18.8. The van der Waals surface area contributed by atoms with Gasteiger partial charge in [0.2, 0.25) is 0 Å². The second kappa shape index (κ2) is 9.67. The highest BCUT2D eigenvalue weighted by atomic mass is 32.2. The zero-order valence-electron chi connectivity index (χ0n) is 21.5. The molecule has 11 heteroatoms. The summed E-state index contributed by atoms with van der Waals surface area (Å²) in [6.07, 6.45) is -3.17. The molecule has 0 unspecified atom stereocenters. The van der Waals surface area contributed by atoms with Crippen molar-refractivity contribution >= 4 is 21.1 Å². The Kier molecular flexibility index (Phi) is 6.57. The lowest BCUT2D eigenvalue weighted by molar-refractivity contribution is -0.137. The fourth-order valence-corrected chi connectivity index (χ4v) is 5.81. The number of hydrogen-bond acceptors (Lipinski definition) is 4. The number of pyridine rings is 1. The maximum Gasteiger partial charge on any atom is 0.416 e. The van der Waals surface area contributed by atoms with Crippen molar-refractivity contribution in [2.24, 2.45) is 7.05 Å². The molecule has 2 aromatic heterocycles. The molecule has 0 aliphatic rings. The Morgan fingerprint density at radius 1 is 0.825 bits per heavy atom. The van der Waals surface area contributed by atoms with Crippen LogP contribution in [0.15, 0.2) is 88.7 Å². The maximum absolute atomic E-state index is 14.6. The van der Waals surface area contributed by atoms with E-state index in [-0.39, 0.29) is 27.4 Å². The number of nitrogens with zero attached hydrogens (tertiary/aromatic N) is 2. The first kappa shape index (κ1) is 27.2. The largest absolute Gasteiger partial charge is 0.457 e. The van der Waals surface area contributed by atoms with Gasteiger partial charge in [-0.15, -0.1) is 0 Å². The van der Waals surface area contributed by atoms with E-state index < -0.39 is 33.1 Å². The number of halogens is 4. The van der Waals surface area contributed by atoms with Gasteiger partial charge in [-0.25, -0.2) is 16.8 Å². The molecule has 0 radical (unpaired) electrons. The standard InChI is InChI=1S/C29H22F4N2O4S/c1-17-4-10-23(11-5-17)40(37,38)35-16-24(27-26(35)15-25(30)28(36)34(27)3)19-12-18(2)13-22(14-19)39-21-8-6-20(7-9-21)29(31,32)33/h4-16H,1-3H3. The minimum Gasteiger partial charge on any atom is -0.457 e. The Morgan fingerprint density at radius 2 is 1.48 bits per heavy atom. The van der Waals surface area contributed by atoms with Gasteiger partial charge in [0.1, 0.15) is 11.5 Å². The van der Waals surface area contributed by atoms with E-state index in [1.54, 1.807) is 37.3 Å². The zero-order valence-corrected chi connectivity index (χ0v) is 22.3. The molecule has 0 atom stereocenters. The van der Waals surface area contributed by atoms with Crippen LogP contribution >= 0.6 is 0 Å². The molecule has 0 aliphatic carbocycles. The number of ether oxygens (including phenoxy) is 1. The van der Waals surface area contributed by atoms with Gasteiger partial charge in [0, 0.05) is 24.9 Å². The molecule has 0 amide bonds. The molecule has 0 fully saturated rings. The molecule has 2 heterocycles. The summed E-state index contributed by atoms with van der Waals surface area (Å²) in [4.78, 5) is 12.5. The van der Waals surface area contributed by atoms with Gasteiger partial charge >= 0.3 is 6.18 Å². The number of aromatic nitrogens is 2. The Bertz CT molecular complexity index is 1920. The van der Waals surface area contributed by atoms with E-state index in [1.165, 1.54) is 37.5 Å². The molecule has 206 valence electrons. The van der Waals surface area contributed by atoms with Gasteiger partial charge in [-0.3, -0.25) is 4.79 Å². The lowest BCUT2D eigenvalue weighted by Gasteiger charge is -2.11. The Labute approximate surface area is 226 Å². The summed E-state index contributed by atoms with van der Waals surface area (Å²) in [5, 5.41) is 0. The first-order valence-corrected chi connectivity index (χ1v) is 13.4. The van der Waals surface area contributed by atoms with Gasteiger partial charge < -0.3 is 9.30 Å². The van der Waals surface area contributed by atoms with Crippen LogP contribution in [0.5, 0.6) is 11.5 Å². The normalized spacial score (nSPS) is 12.2. The van der Waals surface area contributed by atoms with E-state index in [4.69, 9.17) is 4.74 Å². The summed E-state index contributed by atoms with van der Waals surface area (Å²) in [7, 11) is -2.85. The van der Waals surface area contributed by atoms with Gasteiger partial charge in [0.25, 0.3) is 15.6 Å². The van der Waals surface area contributed by atoms with Gasteiger partial charge in [0.15, 0.2) is 5.82 Å². The highest BCUT2D eigenvalue weighted by Crippen LogP contribution is 2.37. The molecule has 3 aromatic carbocycles. The predicted octanol–water partition coefficient (Wildman–Crippen LogP) is 6.81. The van der Waals surface area contributed by atoms with E-state index in [0.717, 1.165) is 32.3 Å². The van der Waals surface area contributed by atoms with E-state index in [0.29, 0.717) is 16.7 Å². The number of aryl methyl sites for hydroxylation is 3. The van der Waals surface area contributed by atoms with E-state index >= 15 is 0 Å². The first-order valence-electron chi connectivity index (χ1n) is 12.0. The Morgan fingerprint density at radius 3 is 2.10 bits per heavy atom. The number of hydrogen-bond donors (Lipinski definition) is 0. The molecule has 0 saturated heterocycles. The molecule has 0 bridgehead atoms. The number of benzene rings is 3. The molecule has 0 aliphatic heterocycles. The van der Waals surface area contributed by atoms with E-state index in [1.807, 2.05) is 6.92 Å². The van der Waals surface area contributed by atoms with E-state index in [2.05, 4.69) is 0 Å².